The topological polar surface area (TPSA) is 64.3 Å². The Hall–Kier alpha value is -3.15. The van der Waals surface area contributed by atoms with Crippen LogP contribution in [-0.2, 0) is 6.61 Å². The third-order valence-electron chi connectivity index (χ3n) is 3.25. The highest BCUT2D eigenvalue weighted by Gasteiger charge is 2.20. The van der Waals surface area contributed by atoms with Crippen LogP contribution in [0.3, 0.4) is 0 Å². The molecule has 1 heterocycles. The maximum atomic E-state index is 13.0. The lowest BCUT2D eigenvalue weighted by molar-refractivity contribution is 0.0681. The summed E-state index contributed by atoms with van der Waals surface area (Å²) in [6.45, 7) is 0.232. The fourth-order valence-corrected chi connectivity index (χ4v) is 2.15. The van der Waals surface area contributed by atoms with Gasteiger partial charge in [-0.3, -0.25) is 0 Å². The van der Waals surface area contributed by atoms with Gasteiger partial charge in [-0.15, -0.1) is 0 Å². The standard InChI is InChI=1S/C17H13FN2O3/c18-13-6-8-14(9-7-13)20-16(17(21)22)15(10-19-20)23-11-12-4-2-1-3-5-12/h1-10H,11H2,(H,21,22). The molecule has 0 fully saturated rings. The van der Waals surface area contributed by atoms with E-state index in [2.05, 4.69) is 5.10 Å². The first-order chi connectivity index (χ1) is 11.1. The van der Waals surface area contributed by atoms with Crippen molar-refractivity contribution in [3.63, 3.8) is 0 Å². The first-order valence-corrected chi connectivity index (χ1v) is 6.89. The summed E-state index contributed by atoms with van der Waals surface area (Å²) in [5.74, 6) is -1.42. The van der Waals surface area contributed by atoms with Crippen molar-refractivity contribution >= 4 is 5.97 Å². The van der Waals surface area contributed by atoms with E-state index >= 15 is 0 Å². The van der Waals surface area contributed by atoms with Crippen LogP contribution in [0, 0.1) is 5.82 Å². The number of nitrogens with zero attached hydrogens (tertiary/aromatic N) is 2. The number of hydrogen-bond acceptors (Lipinski definition) is 3. The van der Waals surface area contributed by atoms with Crippen molar-refractivity contribution in [2.24, 2.45) is 0 Å². The van der Waals surface area contributed by atoms with Gasteiger partial charge in [-0.1, -0.05) is 30.3 Å². The van der Waals surface area contributed by atoms with Crippen LogP contribution in [0.15, 0.2) is 60.8 Å². The number of ether oxygens (including phenoxy) is 1. The predicted octanol–water partition coefficient (Wildman–Crippen LogP) is 3.29. The van der Waals surface area contributed by atoms with Gasteiger partial charge in [-0.25, -0.2) is 13.9 Å². The van der Waals surface area contributed by atoms with Crippen LogP contribution < -0.4 is 4.74 Å². The van der Waals surface area contributed by atoms with Crippen molar-refractivity contribution in [1.82, 2.24) is 9.78 Å². The van der Waals surface area contributed by atoms with Gasteiger partial charge in [0.25, 0.3) is 0 Å². The number of benzene rings is 2. The lowest BCUT2D eigenvalue weighted by atomic mass is 10.2. The summed E-state index contributed by atoms with van der Waals surface area (Å²) in [6.07, 6.45) is 1.34. The van der Waals surface area contributed by atoms with Crippen LogP contribution in [-0.4, -0.2) is 20.9 Å². The van der Waals surface area contributed by atoms with E-state index in [1.807, 2.05) is 30.3 Å². The van der Waals surface area contributed by atoms with Gasteiger partial charge in [0.2, 0.25) is 0 Å². The molecular weight excluding hydrogens is 299 g/mol. The molecule has 0 aliphatic carbocycles. The molecule has 0 saturated heterocycles. The molecule has 0 aliphatic rings. The lowest BCUT2D eigenvalue weighted by Gasteiger charge is -2.07. The van der Waals surface area contributed by atoms with E-state index in [-0.39, 0.29) is 18.1 Å². The van der Waals surface area contributed by atoms with Crippen molar-refractivity contribution in [3.05, 3.63) is 77.9 Å². The Balaban J connectivity index is 1.89. The van der Waals surface area contributed by atoms with Crippen molar-refractivity contribution in [2.75, 3.05) is 0 Å². The van der Waals surface area contributed by atoms with Crippen molar-refractivity contribution in [3.8, 4) is 11.4 Å². The lowest BCUT2D eigenvalue weighted by Crippen LogP contribution is -2.10. The first-order valence-electron chi connectivity index (χ1n) is 6.89. The van der Waals surface area contributed by atoms with Gasteiger partial charge in [0.1, 0.15) is 12.4 Å². The zero-order valence-corrected chi connectivity index (χ0v) is 12.0. The van der Waals surface area contributed by atoms with Gasteiger partial charge in [0.15, 0.2) is 11.4 Å². The molecule has 0 radical (unpaired) electrons. The van der Waals surface area contributed by atoms with Gasteiger partial charge in [0.05, 0.1) is 11.9 Å². The van der Waals surface area contributed by atoms with E-state index in [0.29, 0.717) is 5.69 Å². The molecule has 6 heteroatoms. The number of aromatic carboxylic acids is 1. The smallest absolute Gasteiger partial charge is 0.358 e. The second-order valence-electron chi connectivity index (χ2n) is 4.83. The Kier molecular flexibility index (Phi) is 4.05. The largest absolute Gasteiger partial charge is 0.485 e. The molecule has 2 aromatic carbocycles. The summed E-state index contributed by atoms with van der Waals surface area (Å²) in [5, 5.41) is 13.5. The van der Waals surface area contributed by atoms with E-state index in [4.69, 9.17) is 4.74 Å². The third-order valence-corrected chi connectivity index (χ3v) is 3.25. The maximum Gasteiger partial charge on any atom is 0.358 e. The minimum absolute atomic E-state index is 0.104. The molecule has 5 nitrogen and oxygen atoms in total. The average Bonchev–Trinajstić information content (AvgIpc) is 2.99. The van der Waals surface area contributed by atoms with Gasteiger partial charge in [-0.05, 0) is 29.8 Å². The van der Waals surface area contributed by atoms with Crippen LogP contribution >= 0.6 is 0 Å². The summed E-state index contributed by atoms with van der Waals surface area (Å²) >= 11 is 0. The molecular formula is C17H13FN2O3. The van der Waals surface area contributed by atoms with Crippen LogP contribution in [0.4, 0.5) is 4.39 Å². The molecule has 0 atom stereocenters. The zero-order chi connectivity index (χ0) is 16.2. The van der Waals surface area contributed by atoms with Gasteiger partial charge in [0, 0.05) is 0 Å². The van der Waals surface area contributed by atoms with Crippen molar-refractivity contribution in [2.45, 2.75) is 6.61 Å². The predicted molar refractivity (Wildman–Crippen MR) is 81.3 cm³/mol. The second kappa shape index (κ2) is 6.31. The summed E-state index contributed by atoms with van der Waals surface area (Å²) in [5.41, 5.74) is 1.25. The molecule has 116 valence electrons. The van der Waals surface area contributed by atoms with E-state index in [9.17, 15) is 14.3 Å². The maximum absolute atomic E-state index is 13.0. The molecule has 0 unspecified atom stereocenters. The molecule has 0 amide bonds. The molecule has 3 rings (SSSR count). The summed E-state index contributed by atoms with van der Waals surface area (Å²) < 4.78 is 19.8. The highest BCUT2D eigenvalue weighted by Crippen LogP contribution is 2.23. The number of carboxylic acids is 1. The molecule has 1 N–H and O–H groups in total. The monoisotopic (exact) mass is 312 g/mol. The highest BCUT2D eigenvalue weighted by atomic mass is 19.1. The summed E-state index contributed by atoms with van der Waals surface area (Å²) in [4.78, 5) is 11.5. The number of hydrogen-bond donors (Lipinski definition) is 1. The normalized spacial score (nSPS) is 10.5. The molecule has 23 heavy (non-hydrogen) atoms. The van der Waals surface area contributed by atoms with Crippen LogP contribution in [0.1, 0.15) is 16.1 Å². The number of rotatable bonds is 5. The molecule has 0 aliphatic heterocycles. The van der Waals surface area contributed by atoms with Crippen LogP contribution in [0.5, 0.6) is 5.75 Å². The first kappa shape index (κ1) is 14.8. The minimum atomic E-state index is -1.17. The van der Waals surface area contributed by atoms with E-state index in [1.165, 1.54) is 35.1 Å². The molecule has 1 aromatic heterocycles. The SMILES string of the molecule is O=C(O)c1c(OCc2ccccc2)cnn1-c1ccc(F)cc1. The Bertz CT molecular complexity index is 814. The average molecular weight is 312 g/mol. The number of halogens is 1. The molecule has 0 bridgehead atoms. The minimum Gasteiger partial charge on any atom is -0.485 e. The highest BCUT2D eigenvalue weighted by molar-refractivity contribution is 5.89. The van der Waals surface area contributed by atoms with E-state index < -0.39 is 11.8 Å². The van der Waals surface area contributed by atoms with Crippen molar-refractivity contribution in [1.29, 1.82) is 0 Å². The van der Waals surface area contributed by atoms with Gasteiger partial charge < -0.3 is 9.84 Å². The van der Waals surface area contributed by atoms with Gasteiger partial charge >= 0.3 is 5.97 Å². The second-order valence-corrected chi connectivity index (χ2v) is 4.83. The Morgan fingerprint density at radius 3 is 2.48 bits per heavy atom. The van der Waals surface area contributed by atoms with E-state index in [0.717, 1.165) is 5.56 Å². The Labute approximate surface area is 131 Å². The van der Waals surface area contributed by atoms with Gasteiger partial charge in [-0.2, -0.15) is 5.10 Å². The van der Waals surface area contributed by atoms with E-state index in [1.54, 1.807) is 0 Å². The summed E-state index contributed by atoms with van der Waals surface area (Å²) in [6, 6.07) is 14.8. The summed E-state index contributed by atoms with van der Waals surface area (Å²) in [7, 11) is 0. The molecule has 3 aromatic rings. The Morgan fingerprint density at radius 2 is 1.83 bits per heavy atom. The van der Waals surface area contributed by atoms with Crippen LogP contribution in [0.25, 0.3) is 5.69 Å². The number of carbonyl (C=O) groups is 1. The zero-order valence-electron chi connectivity index (χ0n) is 12.0. The molecule has 0 spiro atoms. The van der Waals surface area contributed by atoms with Crippen LogP contribution in [0.2, 0.25) is 0 Å². The Morgan fingerprint density at radius 1 is 1.13 bits per heavy atom. The molecule has 0 saturated carbocycles. The number of aromatic nitrogens is 2. The fourth-order valence-electron chi connectivity index (χ4n) is 2.15. The number of carboxylic acid groups (broad SMARTS) is 1. The third kappa shape index (κ3) is 3.21. The quantitative estimate of drug-likeness (QED) is 0.785. The van der Waals surface area contributed by atoms with Crippen molar-refractivity contribution < 1.29 is 19.0 Å². The fraction of sp³-hybridized carbons (Fsp3) is 0.0588.